The molecule has 26 heavy (non-hydrogen) atoms. The van der Waals surface area contributed by atoms with Crippen molar-refractivity contribution in [2.75, 3.05) is 11.9 Å². The van der Waals surface area contributed by atoms with Crippen LogP contribution in [0.4, 0.5) is 14.9 Å². The number of hydrogen-bond acceptors (Lipinski definition) is 2. The maximum Gasteiger partial charge on any atom is 0.319 e. The van der Waals surface area contributed by atoms with Gasteiger partial charge in [-0.1, -0.05) is 22.0 Å². The van der Waals surface area contributed by atoms with Gasteiger partial charge in [-0.2, -0.15) is 0 Å². The zero-order chi connectivity index (χ0) is 18.5. The SMILES string of the molecule is O=C(CCNC(=O)Nc1ccc(Br)cc1)NC1CCc2ccc(F)cc21. The van der Waals surface area contributed by atoms with Crippen molar-refractivity contribution >= 4 is 33.6 Å². The van der Waals surface area contributed by atoms with Crippen molar-refractivity contribution in [2.24, 2.45) is 0 Å². The average Bonchev–Trinajstić information content (AvgIpc) is 2.99. The van der Waals surface area contributed by atoms with Gasteiger partial charge in [0, 0.05) is 23.1 Å². The third-order valence-electron chi connectivity index (χ3n) is 4.26. The van der Waals surface area contributed by atoms with E-state index in [9.17, 15) is 14.0 Å². The van der Waals surface area contributed by atoms with Crippen LogP contribution in [0, 0.1) is 5.82 Å². The molecule has 7 heteroatoms. The average molecular weight is 420 g/mol. The number of halogens is 2. The summed E-state index contributed by atoms with van der Waals surface area (Å²) in [5, 5.41) is 8.25. The molecular formula is C19H19BrFN3O2. The summed E-state index contributed by atoms with van der Waals surface area (Å²) in [6.45, 7) is 0.219. The molecule has 3 N–H and O–H groups in total. The van der Waals surface area contributed by atoms with E-state index in [1.165, 1.54) is 12.1 Å². The van der Waals surface area contributed by atoms with Gasteiger partial charge in [-0.3, -0.25) is 4.79 Å². The highest BCUT2D eigenvalue weighted by molar-refractivity contribution is 9.10. The summed E-state index contributed by atoms with van der Waals surface area (Å²) in [4.78, 5) is 23.9. The van der Waals surface area contributed by atoms with Crippen molar-refractivity contribution in [1.29, 1.82) is 0 Å². The van der Waals surface area contributed by atoms with E-state index >= 15 is 0 Å². The molecule has 0 fully saturated rings. The van der Waals surface area contributed by atoms with Crippen LogP contribution in [0.3, 0.4) is 0 Å². The third-order valence-corrected chi connectivity index (χ3v) is 4.79. The predicted molar refractivity (Wildman–Crippen MR) is 101 cm³/mol. The molecule has 1 aliphatic rings. The van der Waals surface area contributed by atoms with Crippen LogP contribution < -0.4 is 16.0 Å². The third kappa shape index (κ3) is 4.82. The van der Waals surface area contributed by atoms with Crippen molar-refractivity contribution in [1.82, 2.24) is 10.6 Å². The van der Waals surface area contributed by atoms with Crippen LogP contribution in [-0.2, 0) is 11.2 Å². The van der Waals surface area contributed by atoms with Gasteiger partial charge in [0.2, 0.25) is 5.91 Å². The molecule has 0 saturated heterocycles. The van der Waals surface area contributed by atoms with Gasteiger partial charge in [0.05, 0.1) is 6.04 Å². The lowest BCUT2D eigenvalue weighted by Crippen LogP contribution is -2.34. The van der Waals surface area contributed by atoms with Gasteiger partial charge in [-0.25, -0.2) is 9.18 Å². The number of hydrogen-bond donors (Lipinski definition) is 3. The Morgan fingerprint density at radius 3 is 2.69 bits per heavy atom. The molecule has 2 aromatic rings. The molecule has 3 rings (SSSR count). The molecule has 0 heterocycles. The van der Waals surface area contributed by atoms with E-state index in [1.54, 1.807) is 18.2 Å². The van der Waals surface area contributed by atoms with Crippen LogP contribution >= 0.6 is 15.9 Å². The van der Waals surface area contributed by atoms with E-state index in [4.69, 9.17) is 0 Å². The normalized spacial score (nSPS) is 15.2. The summed E-state index contributed by atoms with van der Waals surface area (Å²) in [7, 11) is 0. The number of carbonyl (C=O) groups excluding carboxylic acids is 2. The highest BCUT2D eigenvalue weighted by Crippen LogP contribution is 2.31. The highest BCUT2D eigenvalue weighted by Gasteiger charge is 2.24. The van der Waals surface area contributed by atoms with Crippen LogP contribution in [0.15, 0.2) is 46.9 Å². The second-order valence-corrected chi connectivity index (χ2v) is 7.06. The molecule has 0 bridgehead atoms. The van der Waals surface area contributed by atoms with Crippen molar-refractivity contribution in [3.05, 3.63) is 63.9 Å². The summed E-state index contributed by atoms with van der Waals surface area (Å²) < 4.78 is 14.3. The smallest absolute Gasteiger partial charge is 0.319 e. The molecule has 0 spiro atoms. The molecule has 1 atom stereocenters. The highest BCUT2D eigenvalue weighted by atomic mass is 79.9. The molecule has 1 unspecified atom stereocenters. The topological polar surface area (TPSA) is 70.2 Å². The number of benzene rings is 2. The number of carbonyl (C=O) groups is 2. The Labute approximate surface area is 159 Å². The fourth-order valence-electron chi connectivity index (χ4n) is 2.99. The molecule has 2 aromatic carbocycles. The van der Waals surface area contributed by atoms with Gasteiger partial charge in [0.15, 0.2) is 0 Å². The van der Waals surface area contributed by atoms with E-state index in [1.807, 2.05) is 12.1 Å². The van der Waals surface area contributed by atoms with E-state index in [0.717, 1.165) is 28.4 Å². The predicted octanol–water partition coefficient (Wildman–Crippen LogP) is 3.90. The molecule has 5 nitrogen and oxygen atoms in total. The Bertz CT molecular complexity index is 811. The standard InChI is InChI=1S/C19H19BrFN3O2/c20-13-3-6-15(7-4-13)23-19(26)22-10-9-18(25)24-17-8-2-12-1-5-14(21)11-16(12)17/h1,3-7,11,17H,2,8-10H2,(H,24,25)(H2,22,23,26). The lowest BCUT2D eigenvalue weighted by atomic mass is 10.1. The molecule has 136 valence electrons. The Kier molecular flexibility index (Phi) is 5.88. The largest absolute Gasteiger partial charge is 0.349 e. The Hall–Kier alpha value is -2.41. The first-order chi connectivity index (χ1) is 12.5. The zero-order valence-corrected chi connectivity index (χ0v) is 15.6. The van der Waals surface area contributed by atoms with E-state index in [2.05, 4.69) is 31.9 Å². The number of fused-ring (bicyclic) bond motifs is 1. The van der Waals surface area contributed by atoms with E-state index in [-0.39, 0.29) is 36.8 Å². The zero-order valence-electron chi connectivity index (χ0n) is 14.0. The molecule has 0 aliphatic heterocycles. The van der Waals surface area contributed by atoms with Crippen LogP contribution in [0.1, 0.15) is 30.0 Å². The maximum atomic E-state index is 13.4. The minimum Gasteiger partial charge on any atom is -0.349 e. The summed E-state index contributed by atoms with van der Waals surface area (Å²) in [5.74, 6) is -0.466. The molecule has 1 aliphatic carbocycles. The Morgan fingerprint density at radius 1 is 1.15 bits per heavy atom. The molecule has 0 radical (unpaired) electrons. The molecular weight excluding hydrogens is 401 g/mol. The molecule has 3 amide bonds. The summed E-state index contributed by atoms with van der Waals surface area (Å²) in [6, 6.07) is 11.4. The second-order valence-electron chi connectivity index (χ2n) is 6.14. The lowest BCUT2D eigenvalue weighted by Gasteiger charge is -2.14. The van der Waals surface area contributed by atoms with Gasteiger partial charge >= 0.3 is 6.03 Å². The van der Waals surface area contributed by atoms with Gasteiger partial charge in [-0.05, 0) is 60.4 Å². The van der Waals surface area contributed by atoms with E-state index < -0.39 is 0 Å². The number of urea groups is 1. The minimum absolute atomic E-state index is 0.162. The van der Waals surface area contributed by atoms with Gasteiger partial charge in [0.1, 0.15) is 5.82 Å². The van der Waals surface area contributed by atoms with Gasteiger partial charge < -0.3 is 16.0 Å². The van der Waals surface area contributed by atoms with Crippen molar-refractivity contribution < 1.29 is 14.0 Å². The lowest BCUT2D eigenvalue weighted by molar-refractivity contribution is -0.121. The number of nitrogens with one attached hydrogen (secondary N) is 3. The van der Waals surface area contributed by atoms with Crippen molar-refractivity contribution in [2.45, 2.75) is 25.3 Å². The number of rotatable bonds is 5. The second kappa shape index (κ2) is 8.31. The van der Waals surface area contributed by atoms with Gasteiger partial charge in [0.25, 0.3) is 0 Å². The van der Waals surface area contributed by atoms with Crippen LogP contribution in [0.5, 0.6) is 0 Å². The first-order valence-corrected chi connectivity index (χ1v) is 9.18. The van der Waals surface area contributed by atoms with Crippen LogP contribution in [0.2, 0.25) is 0 Å². The van der Waals surface area contributed by atoms with Gasteiger partial charge in [-0.15, -0.1) is 0 Å². The number of amides is 3. The van der Waals surface area contributed by atoms with E-state index in [0.29, 0.717) is 5.69 Å². The fourth-order valence-corrected chi connectivity index (χ4v) is 3.25. The first kappa shape index (κ1) is 18.4. The number of anilines is 1. The fraction of sp³-hybridized carbons (Fsp3) is 0.263. The monoisotopic (exact) mass is 419 g/mol. The Balaban J connectivity index is 1.42. The van der Waals surface area contributed by atoms with Crippen LogP contribution in [0.25, 0.3) is 0 Å². The molecule has 0 aromatic heterocycles. The summed E-state index contributed by atoms with van der Waals surface area (Å²) >= 11 is 3.33. The maximum absolute atomic E-state index is 13.4. The summed E-state index contributed by atoms with van der Waals surface area (Å²) in [5.41, 5.74) is 2.59. The number of aryl methyl sites for hydroxylation is 1. The Morgan fingerprint density at radius 2 is 1.92 bits per heavy atom. The van der Waals surface area contributed by atoms with Crippen LogP contribution in [-0.4, -0.2) is 18.5 Å². The molecule has 0 saturated carbocycles. The first-order valence-electron chi connectivity index (χ1n) is 8.39. The minimum atomic E-state index is -0.367. The summed E-state index contributed by atoms with van der Waals surface area (Å²) in [6.07, 6.45) is 1.76. The van der Waals surface area contributed by atoms with Crippen molar-refractivity contribution in [3.63, 3.8) is 0 Å². The quantitative estimate of drug-likeness (QED) is 0.687. The van der Waals surface area contributed by atoms with Crippen molar-refractivity contribution in [3.8, 4) is 0 Å².